The third-order valence-electron chi connectivity index (χ3n) is 3.31. The van der Waals surface area contributed by atoms with Crippen LogP contribution in [0.25, 0.3) is 10.9 Å². The van der Waals surface area contributed by atoms with Gasteiger partial charge in [0.1, 0.15) is 5.69 Å². The molecule has 8 nitrogen and oxygen atoms in total. The van der Waals surface area contributed by atoms with Gasteiger partial charge in [0.2, 0.25) is 0 Å². The van der Waals surface area contributed by atoms with E-state index in [4.69, 9.17) is 32.9 Å². The molecule has 0 aliphatic heterocycles. The smallest absolute Gasteiger partial charge is 0.325 e. The predicted molar refractivity (Wildman–Crippen MR) is 88.7 cm³/mol. The van der Waals surface area contributed by atoms with Crippen LogP contribution >= 0.6 is 19.2 Å². The molecule has 1 aromatic heterocycles. The molecule has 0 radical (unpaired) electrons. The van der Waals surface area contributed by atoms with Crippen LogP contribution < -0.4 is 11.5 Å². The van der Waals surface area contributed by atoms with Gasteiger partial charge >= 0.3 is 7.60 Å². The van der Waals surface area contributed by atoms with Crippen LogP contribution in [0, 0.1) is 0 Å². The third-order valence-corrected chi connectivity index (χ3v) is 4.43. The molecule has 23 heavy (non-hydrogen) atoms. The Morgan fingerprint density at radius 1 is 1.35 bits per heavy atom. The number of hydrogen-bond acceptors (Lipinski definition) is 2. The maximum atomic E-state index is 12.0. The summed E-state index contributed by atoms with van der Waals surface area (Å²) in [6.45, 7) is 0. The summed E-state index contributed by atoms with van der Waals surface area (Å²) in [6.07, 6.45) is -0.110. The molecule has 0 aliphatic rings. The van der Waals surface area contributed by atoms with E-state index >= 15 is 0 Å². The Kier molecular flexibility index (Phi) is 4.81. The molecule has 0 unspecified atom stereocenters. The van der Waals surface area contributed by atoms with E-state index < -0.39 is 13.5 Å². The maximum absolute atomic E-state index is 12.0. The van der Waals surface area contributed by atoms with Crippen LogP contribution in [0.1, 0.15) is 16.1 Å². The van der Waals surface area contributed by atoms with Gasteiger partial charge in [-0.2, -0.15) is 4.99 Å². The highest BCUT2D eigenvalue weighted by molar-refractivity contribution is 7.51. The van der Waals surface area contributed by atoms with Crippen LogP contribution in [0.4, 0.5) is 0 Å². The predicted octanol–water partition coefficient (Wildman–Crippen LogP) is 0.966. The molecule has 0 spiro atoms. The first-order valence-electron chi connectivity index (χ1n) is 6.55. The normalized spacial score (nSPS) is 11.7. The first-order chi connectivity index (χ1) is 10.6. The van der Waals surface area contributed by atoms with Crippen LogP contribution in [0.2, 0.25) is 5.02 Å². The van der Waals surface area contributed by atoms with Crippen molar-refractivity contribution in [1.29, 1.82) is 0 Å². The van der Waals surface area contributed by atoms with Crippen molar-refractivity contribution in [2.24, 2.45) is 23.5 Å². The average molecular weight is 359 g/mol. The molecular formula is C13H16ClN4O4P. The van der Waals surface area contributed by atoms with Crippen molar-refractivity contribution >= 4 is 42.0 Å². The zero-order chi connectivity index (χ0) is 17.4. The van der Waals surface area contributed by atoms with Gasteiger partial charge in [0, 0.05) is 12.4 Å². The van der Waals surface area contributed by atoms with E-state index in [9.17, 15) is 9.36 Å². The van der Waals surface area contributed by atoms with Crippen molar-refractivity contribution < 1.29 is 19.1 Å². The summed E-state index contributed by atoms with van der Waals surface area (Å²) in [5.74, 6) is -0.940. The zero-order valence-electron chi connectivity index (χ0n) is 12.2. The van der Waals surface area contributed by atoms with Gasteiger partial charge in [-0.3, -0.25) is 9.36 Å². The molecule has 0 atom stereocenters. The highest BCUT2D eigenvalue weighted by Crippen LogP contribution is 2.36. The lowest BCUT2D eigenvalue weighted by Gasteiger charge is -2.07. The summed E-state index contributed by atoms with van der Waals surface area (Å²) in [5.41, 5.74) is 12.0. The van der Waals surface area contributed by atoms with Crippen molar-refractivity contribution in [2.45, 2.75) is 6.42 Å². The third kappa shape index (κ3) is 4.11. The van der Waals surface area contributed by atoms with E-state index in [0.29, 0.717) is 21.5 Å². The van der Waals surface area contributed by atoms with Crippen molar-refractivity contribution in [2.75, 3.05) is 6.16 Å². The number of fused-ring (bicyclic) bond motifs is 1. The number of hydrogen-bond donors (Lipinski definition) is 4. The summed E-state index contributed by atoms with van der Waals surface area (Å²) in [7, 11) is -2.44. The number of aromatic nitrogens is 1. The topological polar surface area (TPSA) is 144 Å². The fraction of sp³-hybridized carbons (Fsp3) is 0.231. The number of amides is 1. The van der Waals surface area contributed by atoms with Gasteiger partial charge in [0.15, 0.2) is 5.96 Å². The Labute approximate surface area is 136 Å². The molecule has 2 aromatic rings. The number of aryl methyl sites for hydroxylation is 2. The molecule has 0 aliphatic carbocycles. The lowest BCUT2D eigenvalue weighted by atomic mass is 10.1. The summed E-state index contributed by atoms with van der Waals surface area (Å²) in [5, 5.41) is 1.01. The quantitative estimate of drug-likeness (QED) is 0.364. The van der Waals surface area contributed by atoms with E-state index in [1.54, 1.807) is 29.8 Å². The second-order valence-corrected chi connectivity index (χ2v) is 7.26. The molecule has 6 N–H and O–H groups in total. The van der Waals surface area contributed by atoms with Crippen LogP contribution in [0.3, 0.4) is 0 Å². The Bertz CT molecular complexity index is 851. The average Bonchev–Trinajstić information content (AvgIpc) is 2.73. The molecule has 0 fully saturated rings. The largest absolute Gasteiger partial charge is 0.370 e. The summed E-state index contributed by atoms with van der Waals surface area (Å²) in [4.78, 5) is 33.4. The van der Waals surface area contributed by atoms with E-state index in [-0.39, 0.29) is 24.2 Å². The zero-order valence-corrected chi connectivity index (χ0v) is 13.9. The van der Waals surface area contributed by atoms with E-state index in [1.165, 1.54) is 0 Å². The number of benzene rings is 1. The number of halogens is 1. The van der Waals surface area contributed by atoms with Gasteiger partial charge in [-0.05, 0) is 30.2 Å². The van der Waals surface area contributed by atoms with Gasteiger partial charge in [0.05, 0.1) is 16.7 Å². The summed E-state index contributed by atoms with van der Waals surface area (Å²) in [6, 6.07) is 4.91. The van der Waals surface area contributed by atoms with Crippen LogP contribution in [-0.4, -0.2) is 32.4 Å². The Morgan fingerprint density at radius 3 is 2.57 bits per heavy atom. The molecule has 0 saturated heterocycles. The van der Waals surface area contributed by atoms with Gasteiger partial charge in [-0.1, -0.05) is 11.6 Å². The molecule has 1 amide bonds. The molecule has 10 heteroatoms. The van der Waals surface area contributed by atoms with Gasteiger partial charge in [0.25, 0.3) is 5.91 Å². The number of carbonyl (C=O) groups excluding carboxylic acids is 1. The van der Waals surface area contributed by atoms with E-state index in [0.717, 1.165) is 0 Å². The lowest BCUT2D eigenvalue weighted by molar-refractivity contribution is 0.0995. The second-order valence-electron chi connectivity index (χ2n) is 5.08. The maximum Gasteiger partial charge on any atom is 0.325 e. The number of carbonyl (C=O) groups is 1. The minimum Gasteiger partial charge on any atom is -0.370 e. The molecule has 124 valence electrons. The Hall–Kier alpha value is -1.86. The fourth-order valence-corrected chi connectivity index (χ4v) is 3.08. The molecular weight excluding hydrogens is 343 g/mol. The highest BCUT2D eigenvalue weighted by Gasteiger charge is 2.17. The van der Waals surface area contributed by atoms with E-state index in [1.807, 2.05) is 0 Å². The van der Waals surface area contributed by atoms with Gasteiger partial charge in [-0.25, -0.2) is 0 Å². The van der Waals surface area contributed by atoms with Crippen LogP contribution in [0.5, 0.6) is 0 Å². The lowest BCUT2D eigenvalue weighted by Crippen LogP contribution is -2.24. The van der Waals surface area contributed by atoms with Gasteiger partial charge < -0.3 is 25.8 Å². The van der Waals surface area contributed by atoms with Crippen molar-refractivity contribution in [3.63, 3.8) is 0 Å². The van der Waals surface area contributed by atoms with Crippen molar-refractivity contribution in [3.05, 3.63) is 34.5 Å². The first-order valence-corrected chi connectivity index (χ1v) is 8.72. The number of rotatable bonds is 4. The second kappa shape index (κ2) is 6.33. The summed E-state index contributed by atoms with van der Waals surface area (Å²) < 4.78 is 12.6. The Morgan fingerprint density at radius 2 is 2.00 bits per heavy atom. The van der Waals surface area contributed by atoms with Gasteiger partial charge in [-0.15, -0.1) is 0 Å². The Balaban J connectivity index is 2.48. The minimum atomic E-state index is -4.09. The first kappa shape index (κ1) is 17.5. The molecule has 1 aromatic carbocycles. The molecule has 0 bridgehead atoms. The molecule has 1 heterocycles. The highest BCUT2D eigenvalue weighted by atomic mass is 35.5. The minimum absolute atomic E-state index is 0.169. The van der Waals surface area contributed by atoms with E-state index in [2.05, 4.69) is 4.99 Å². The van der Waals surface area contributed by atoms with Crippen LogP contribution in [0.15, 0.2) is 23.2 Å². The number of aliphatic imine (C=N–C) groups is 1. The standard InChI is InChI=1S/C13H16ClN4O4P/c1-18-10-5-7(2-3-23(20,21)22)4-9(14)8(10)6-11(18)12(19)17-13(15)16/h4-6H,2-3H2,1H3,(H2,20,21,22)(H4,15,16,17,19). The molecule has 0 saturated carbocycles. The molecule has 2 rings (SSSR count). The number of nitrogens with zero attached hydrogens (tertiary/aromatic N) is 2. The SMILES string of the molecule is Cn1c(C(=O)N=C(N)N)cc2c(Cl)cc(CCP(=O)(O)O)cc21. The summed E-state index contributed by atoms with van der Waals surface area (Å²) >= 11 is 6.20. The van der Waals surface area contributed by atoms with Crippen LogP contribution in [-0.2, 0) is 18.0 Å². The fourth-order valence-electron chi connectivity index (χ4n) is 2.24. The van der Waals surface area contributed by atoms with Crippen molar-refractivity contribution in [3.8, 4) is 0 Å². The van der Waals surface area contributed by atoms with Crippen molar-refractivity contribution in [1.82, 2.24) is 4.57 Å². The number of nitrogens with two attached hydrogens (primary N) is 2. The monoisotopic (exact) mass is 358 g/mol. The number of guanidine groups is 1.